The predicted octanol–water partition coefficient (Wildman–Crippen LogP) is -2.98. The van der Waals surface area contributed by atoms with Crippen molar-refractivity contribution < 1.29 is 36.9 Å². The van der Waals surface area contributed by atoms with Crippen LogP contribution >= 0.6 is 11.3 Å². The molecule has 1 aromatic heterocycles. The van der Waals surface area contributed by atoms with E-state index in [9.17, 15) is 22.8 Å². The summed E-state index contributed by atoms with van der Waals surface area (Å²) in [5.41, 5.74) is 10.0. The van der Waals surface area contributed by atoms with E-state index < -0.39 is 46.9 Å². The van der Waals surface area contributed by atoms with Gasteiger partial charge in [-0.25, -0.2) is 14.1 Å². The molecule has 0 aromatic carbocycles. The number of hydrogen-bond donors (Lipinski definition) is 4. The molecule has 0 spiro atoms. The number of β-lactam (4-membered cyclic amide) rings is 1. The number of nitrogen functional groups attached to an aromatic ring is 1. The predicted molar refractivity (Wildman–Crippen MR) is 96.9 cm³/mol. The molecule has 2 rings (SSSR count). The molecule has 14 nitrogen and oxygen atoms in total. The Morgan fingerprint density at radius 2 is 2.14 bits per heavy atom. The molecule has 3 amide bonds. The van der Waals surface area contributed by atoms with E-state index >= 15 is 0 Å². The van der Waals surface area contributed by atoms with E-state index in [4.69, 9.17) is 16.0 Å². The SMILES string of the molecule is CO/N=C(\C(=O)NC1C(=O)N(S(=O)(=O)O)C1COC(N)=O)c1csc(N)n1.[NaH]. The van der Waals surface area contributed by atoms with Gasteiger partial charge >= 0.3 is 46.0 Å². The van der Waals surface area contributed by atoms with Gasteiger partial charge < -0.3 is 26.4 Å². The average Bonchev–Trinajstić information content (AvgIpc) is 2.98. The van der Waals surface area contributed by atoms with Gasteiger partial charge in [0.25, 0.3) is 11.8 Å². The molecule has 0 aliphatic carbocycles. The van der Waals surface area contributed by atoms with Gasteiger partial charge in [0.1, 0.15) is 31.5 Å². The van der Waals surface area contributed by atoms with Crippen LogP contribution in [0.4, 0.5) is 9.93 Å². The van der Waals surface area contributed by atoms with Gasteiger partial charge in [0, 0.05) is 5.38 Å². The Kier molecular flexibility index (Phi) is 8.15. The Labute approximate surface area is 184 Å². The van der Waals surface area contributed by atoms with Gasteiger partial charge in [0.2, 0.25) is 0 Å². The number of amides is 3. The van der Waals surface area contributed by atoms with Gasteiger partial charge in [0.05, 0.1) is 0 Å². The quantitative estimate of drug-likeness (QED) is 0.109. The fourth-order valence-corrected chi connectivity index (χ4v) is 3.61. The molecule has 1 aliphatic heterocycles. The molecule has 0 radical (unpaired) electrons. The molecule has 28 heavy (non-hydrogen) atoms. The molecule has 0 saturated carbocycles. The maximum absolute atomic E-state index is 12.4. The van der Waals surface area contributed by atoms with Crippen molar-refractivity contribution in [2.45, 2.75) is 12.1 Å². The minimum atomic E-state index is -4.94. The van der Waals surface area contributed by atoms with Gasteiger partial charge in [-0.15, -0.1) is 11.3 Å². The topological polar surface area (TPSA) is 217 Å². The molecule has 6 N–H and O–H groups in total. The number of anilines is 1. The minimum absolute atomic E-state index is 0. The molecule has 1 aliphatic rings. The molecule has 1 fully saturated rings. The Bertz CT molecular complexity index is 903. The third kappa shape index (κ3) is 5.30. The number of hydrogen-bond acceptors (Lipinski definition) is 11. The number of primary amides is 1. The fourth-order valence-electron chi connectivity index (χ4n) is 2.19. The van der Waals surface area contributed by atoms with E-state index in [1.54, 1.807) is 0 Å². The molecule has 2 unspecified atom stereocenters. The Balaban J connectivity index is 0.00000392. The van der Waals surface area contributed by atoms with Crippen LogP contribution in [0.25, 0.3) is 0 Å². The van der Waals surface area contributed by atoms with Crippen molar-refractivity contribution in [2.75, 3.05) is 19.5 Å². The molecular formula is C11H15N6NaO8S2. The second-order valence-electron chi connectivity index (χ2n) is 4.95. The Morgan fingerprint density at radius 1 is 1.50 bits per heavy atom. The second kappa shape index (κ2) is 9.48. The summed E-state index contributed by atoms with van der Waals surface area (Å²) >= 11 is 1.02. The first kappa shape index (κ1) is 24.1. The van der Waals surface area contributed by atoms with Crippen molar-refractivity contribution in [2.24, 2.45) is 10.9 Å². The van der Waals surface area contributed by atoms with Crippen molar-refractivity contribution in [1.82, 2.24) is 14.6 Å². The molecule has 2 heterocycles. The number of oxime groups is 1. The second-order valence-corrected chi connectivity index (χ2v) is 7.13. The Morgan fingerprint density at radius 3 is 2.61 bits per heavy atom. The molecule has 17 heteroatoms. The van der Waals surface area contributed by atoms with Crippen LogP contribution in [0.3, 0.4) is 0 Å². The zero-order chi connectivity index (χ0) is 20.4. The number of thiazole rings is 1. The number of nitrogens with two attached hydrogens (primary N) is 2. The van der Waals surface area contributed by atoms with Crippen molar-refractivity contribution in [3.63, 3.8) is 0 Å². The number of nitrogens with zero attached hydrogens (tertiary/aromatic N) is 3. The van der Waals surface area contributed by atoms with Crippen LogP contribution in [-0.2, 0) is 29.5 Å². The summed E-state index contributed by atoms with van der Waals surface area (Å²) in [6.45, 7) is -0.688. The molecule has 150 valence electrons. The summed E-state index contributed by atoms with van der Waals surface area (Å²) in [7, 11) is -3.77. The van der Waals surface area contributed by atoms with Gasteiger partial charge in [-0.1, -0.05) is 5.16 Å². The van der Waals surface area contributed by atoms with E-state index in [0.29, 0.717) is 0 Å². The van der Waals surface area contributed by atoms with Crippen LogP contribution in [0.15, 0.2) is 10.5 Å². The maximum atomic E-state index is 12.4. The van der Waals surface area contributed by atoms with E-state index in [-0.39, 0.29) is 50.4 Å². The molecule has 0 bridgehead atoms. The average molecular weight is 446 g/mol. The number of rotatable bonds is 7. The number of carbonyl (C=O) groups is 3. The number of nitrogens with one attached hydrogen (secondary N) is 1. The summed E-state index contributed by atoms with van der Waals surface area (Å²) in [5, 5.41) is 7.27. The van der Waals surface area contributed by atoms with Gasteiger partial charge in [-0.05, 0) is 0 Å². The van der Waals surface area contributed by atoms with E-state index in [1.165, 1.54) is 12.5 Å². The van der Waals surface area contributed by atoms with E-state index in [1.807, 2.05) is 0 Å². The van der Waals surface area contributed by atoms with Crippen LogP contribution in [0, 0.1) is 0 Å². The van der Waals surface area contributed by atoms with Crippen LogP contribution in [0.2, 0.25) is 0 Å². The normalized spacial score (nSPS) is 19.3. The Hall–Kier alpha value is -1.98. The summed E-state index contributed by atoms with van der Waals surface area (Å²) in [6, 6.07) is -2.86. The van der Waals surface area contributed by atoms with Crippen molar-refractivity contribution in [3.8, 4) is 0 Å². The van der Waals surface area contributed by atoms with Gasteiger partial charge in [0.15, 0.2) is 10.8 Å². The molecule has 2 atom stereocenters. The summed E-state index contributed by atoms with van der Waals surface area (Å²) < 4.78 is 36.2. The monoisotopic (exact) mass is 446 g/mol. The zero-order valence-electron chi connectivity index (χ0n) is 13.6. The van der Waals surface area contributed by atoms with Crippen molar-refractivity contribution >= 4 is 79.9 Å². The zero-order valence-corrected chi connectivity index (χ0v) is 15.2. The van der Waals surface area contributed by atoms with Crippen LogP contribution in [0.5, 0.6) is 0 Å². The van der Waals surface area contributed by atoms with Crippen molar-refractivity contribution in [3.05, 3.63) is 11.1 Å². The van der Waals surface area contributed by atoms with Gasteiger partial charge in [-0.3, -0.25) is 14.1 Å². The molecule has 1 aromatic rings. The first-order chi connectivity index (χ1) is 12.6. The summed E-state index contributed by atoms with van der Waals surface area (Å²) in [4.78, 5) is 43.6. The third-order valence-corrected chi connectivity index (χ3v) is 4.88. The number of carbonyl (C=O) groups excluding carboxylic acids is 3. The van der Waals surface area contributed by atoms with Crippen LogP contribution in [-0.4, -0.2) is 101 Å². The summed E-state index contributed by atoms with van der Waals surface area (Å²) in [6.07, 6.45) is -1.24. The summed E-state index contributed by atoms with van der Waals surface area (Å²) in [5.74, 6) is -2.10. The van der Waals surface area contributed by atoms with Crippen LogP contribution in [0.1, 0.15) is 5.69 Å². The van der Waals surface area contributed by atoms with Crippen molar-refractivity contribution in [1.29, 1.82) is 0 Å². The van der Waals surface area contributed by atoms with E-state index in [0.717, 1.165) is 11.3 Å². The first-order valence-electron chi connectivity index (χ1n) is 6.92. The van der Waals surface area contributed by atoms with Gasteiger partial charge in [-0.2, -0.15) is 8.42 Å². The number of aromatic nitrogens is 1. The third-order valence-electron chi connectivity index (χ3n) is 3.26. The number of ether oxygens (including phenoxy) is 1. The molecular weight excluding hydrogens is 431 g/mol. The first-order valence-corrected chi connectivity index (χ1v) is 9.20. The standard InChI is InChI=1S/C11H14N6O8S2.Na.H/c1-24-16-6(4-3-26-10(12)14-4)8(18)15-7-5(2-25-11(13)20)17(9(7)19)27(21,22)23;;/h3,5,7H,2H2,1H3,(H2,12,14)(H2,13,20)(H,15,18)(H,21,22,23);;/b16-6-;;. The molecule has 1 saturated heterocycles. The fraction of sp³-hybridized carbons (Fsp3) is 0.364. The van der Waals surface area contributed by atoms with E-state index in [2.05, 4.69) is 25.0 Å². The van der Waals surface area contributed by atoms with Crippen LogP contribution < -0.4 is 16.8 Å².